The maximum Gasteiger partial charge on any atom is 0.317 e. The van der Waals surface area contributed by atoms with Crippen molar-refractivity contribution >= 4 is 40.0 Å². The second-order valence-electron chi connectivity index (χ2n) is 10.8. The second-order valence-corrected chi connectivity index (χ2v) is 11.2. The van der Waals surface area contributed by atoms with Gasteiger partial charge in [-0.15, -0.1) is 0 Å². The van der Waals surface area contributed by atoms with Gasteiger partial charge in [-0.25, -0.2) is 14.8 Å². The second kappa shape index (κ2) is 14.1. The van der Waals surface area contributed by atoms with Gasteiger partial charge in [-0.3, -0.25) is 4.90 Å². The Kier molecular flexibility index (Phi) is 9.99. The van der Waals surface area contributed by atoms with Crippen molar-refractivity contribution in [3.05, 3.63) is 35.1 Å². The first-order valence-corrected chi connectivity index (χ1v) is 14.8. The van der Waals surface area contributed by atoms with Gasteiger partial charge in [-0.05, 0) is 32.4 Å². The summed E-state index contributed by atoms with van der Waals surface area (Å²) in [5.41, 5.74) is 1.69. The minimum Gasteiger partial charge on any atom is -0.493 e. The van der Waals surface area contributed by atoms with Crippen molar-refractivity contribution in [1.29, 1.82) is 0 Å². The number of aromatic nitrogens is 2. The predicted octanol–water partition coefficient (Wildman–Crippen LogP) is 4.26. The van der Waals surface area contributed by atoms with Crippen LogP contribution in [0.25, 0.3) is 10.9 Å². The average molecular weight is 625 g/mol. The zero-order valence-corrected chi connectivity index (χ0v) is 26.3. The number of hydrogen-bond donors (Lipinski definition) is 2. The largest absolute Gasteiger partial charge is 0.493 e. The highest BCUT2D eigenvalue weighted by atomic mass is 35.5. The molecule has 234 valence electrons. The number of amides is 2. The van der Waals surface area contributed by atoms with Crippen LogP contribution in [0.4, 0.5) is 16.3 Å². The summed E-state index contributed by atoms with van der Waals surface area (Å²) < 4.78 is 29.1. The minimum absolute atomic E-state index is 0.0129. The van der Waals surface area contributed by atoms with Gasteiger partial charge in [0.2, 0.25) is 6.79 Å². The van der Waals surface area contributed by atoms with Crippen LogP contribution in [0, 0.1) is 11.8 Å². The van der Waals surface area contributed by atoms with Crippen LogP contribution in [0.5, 0.6) is 23.0 Å². The molecule has 1 aromatic heterocycles. The lowest BCUT2D eigenvalue weighted by atomic mass is 10.1. The number of hydrogen-bond acceptors (Lipinski definition) is 10. The molecule has 2 aliphatic rings. The molecule has 1 fully saturated rings. The van der Waals surface area contributed by atoms with Gasteiger partial charge in [0.1, 0.15) is 17.8 Å². The molecule has 0 spiro atoms. The van der Waals surface area contributed by atoms with Crippen molar-refractivity contribution in [2.24, 2.45) is 0 Å². The number of fused-ring (bicyclic) bond motifs is 2. The van der Waals surface area contributed by atoms with Gasteiger partial charge >= 0.3 is 6.03 Å². The van der Waals surface area contributed by atoms with Crippen LogP contribution in [-0.2, 0) is 4.74 Å². The fourth-order valence-electron chi connectivity index (χ4n) is 5.16. The minimum atomic E-state index is -0.234. The lowest BCUT2D eigenvalue weighted by Gasteiger charge is -2.35. The normalized spacial score (nSPS) is 17.5. The van der Waals surface area contributed by atoms with Crippen molar-refractivity contribution in [1.82, 2.24) is 25.1 Å². The number of methoxy groups -OCH3 is 1. The van der Waals surface area contributed by atoms with Crippen molar-refractivity contribution in [3.63, 3.8) is 0 Å². The Morgan fingerprint density at radius 1 is 1.14 bits per heavy atom. The van der Waals surface area contributed by atoms with E-state index < -0.39 is 0 Å². The maximum atomic E-state index is 11.7. The number of halogens is 1. The molecule has 13 heteroatoms. The molecule has 3 heterocycles. The summed E-state index contributed by atoms with van der Waals surface area (Å²) in [5.74, 6) is 8.46. The smallest absolute Gasteiger partial charge is 0.317 e. The maximum absolute atomic E-state index is 11.7. The van der Waals surface area contributed by atoms with Gasteiger partial charge in [-0.1, -0.05) is 23.4 Å². The number of carbonyl (C=O) groups is 1. The molecule has 1 saturated heterocycles. The summed E-state index contributed by atoms with van der Waals surface area (Å²) in [6.07, 6.45) is 2.80. The Balaban J connectivity index is 1.31. The molecule has 5 rings (SSSR count). The molecule has 12 nitrogen and oxygen atoms in total. The summed E-state index contributed by atoms with van der Waals surface area (Å²) in [4.78, 5) is 24.5. The Morgan fingerprint density at radius 3 is 2.66 bits per heavy atom. The van der Waals surface area contributed by atoms with Crippen LogP contribution < -0.4 is 29.6 Å². The molecular weight excluding hydrogens is 588 g/mol. The summed E-state index contributed by atoms with van der Waals surface area (Å²) in [6.45, 7) is 7.70. The third-order valence-corrected chi connectivity index (χ3v) is 7.39. The van der Waals surface area contributed by atoms with Gasteiger partial charge < -0.3 is 39.2 Å². The van der Waals surface area contributed by atoms with Crippen LogP contribution >= 0.6 is 11.6 Å². The summed E-state index contributed by atoms with van der Waals surface area (Å²) >= 11 is 6.70. The van der Waals surface area contributed by atoms with E-state index in [1.165, 1.54) is 11.2 Å². The van der Waals surface area contributed by atoms with Gasteiger partial charge in [0.15, 0.2) is 23.0 Å². The van der Waals surface area contributed by atoms with Crippen LogP contribution in [0.15, 0.2) is 24.5 Å². The van der Waals surface area contributed by atoms with Crippen LogP contribution in [0.3, 0.4) is 0 Å². The van der Waals surface area contributed by atoms with Gasteiger partial charge in [0.25, 0.3) is 0 Å². The Bertz CT molecular complexity index is 1560. The molecule has 2 amide bonds. The molecule has 0 aliphatic carbocycles. The van der Waals surface area contributed by atoms with E-state index in [2.05, 4.69) is 51.2 Å². The predicted molar refractivity (Wildman–Crippen MR) is 167 cm³/mol. The van der Waals surface area contributed by atoms with Gasteiger partial charge in [0, 0.05) is 45.2 Å². The van der Waals surface area contributed by atoms with Crippen molar-refractivity contribution in [2.75, 3.05) is 66.1 Å². The number of rotatable bonds is 9. The summed E-state index contributed by atoms with van der Waals surface area (Å²) in [6, 6.07) is 5.14. The van der Waals surface area contributed by atoms with E-state index in [-0.39, 0.29) is 31.6 Å². The van der Waals surface area contributed by atoms with Crippen molar-refractivity contribution in [3.8, 4) is 34.8 Å². The third-order valence-electron chi connectivity index (χ3n) is 7.09. The lowest BCUT2D eigenvalue weighted by Crippen LogP contribution is -2.45. The number of anilines is 2. The molecule has 44 heavy (non-hydrogen) atoms. The fraction of sp³-hybridized carbons (Fsp3) is 0.452. The molecule has 2 aliphatic heterocycles. The highest BCUT2D eigenvalue weighted by Gasteiger charge is 2.26. The van der Waals surface area contributed by atoms with E-state index in [9.17, 15) is 4.79 Å². The summed E-state index contributed by atoms with van der Waals surface area (Å²) in [7, 11) is 4.92. The molecule has 0 unspecified atom stereocenters. The van der Waals surface area contributed by atoms with Gasteiger partial charge in [-0.2, -0.15) is 0 Å². The Hall–Kier alpha value is -4.18. The van der Waals surface area contributed by atoms with E-state index in [0.29, 0.717) is 62.6 Å². The Labute approximate surface area is 261 Å². The number of urea groups is 1. The number of ether oxygens (including phenoxy) is 5. The first kappa shape index (κ1) is 31.3. The van der Waals surface area contributed by atoms with E-state index >= 15 is 0 Å². The lowest BCUT2D eigenvalue weighted by molar-refractivity contribution is -0.0686. The van der Waals surface area contributed by atoms with Crippen molar-refractivity contribution in [2.45, 2.75) is 32.5 Å². The quantitative estimate of drug-likeness (QED) is 0.264. The molecule has 0 radical (unpaired) electrons. The van der Waals surface area contributed by atoms with Crippen molar-refractivity contribution < 1.29 is 28.5 Å². The van der Waals surface area contributed by atoms with Crippen LogP contribution in [0.1, 0.15) is 25.8 Å². The van der Waals surface area contributed by atoms with E-state index in [4.69, 9.17) is 35.3 Å². The zero-order chi connectivity index (χ0) is 31.2. The highest BCUT2D eigenvalue weighted by Crippen LogP contribution is 2.47. The molecule has 3 aromatic rings. The van der Waals surface area contributed by atoms with E-state index in [1.807, 2.05) is 12.1 Å². The standard InChI is InChI=1S/C31H37ClN6O6/c1-19-15-38(16-20(2)44-19)10-7-11-41-26-14-24-22(13-25(26)40-5)30(35-17-34-24)36-27-23(32)12-21(28-29(27)43-18-42-28)8-6-9-33-31(39)37(3)4/h12-14,17,19-20H,7,9-11,15-16,18H2,1-5H3,(H,33,39)(H,34,35,36)/t19-,20+. The molecular formula is C31H37ClN6O6. The topological polar surface area (TPSA) is 120 Å². The average Bonchev–Trinajstić information content (AvgIpc) is 3.48. The molecule has 2 N–H and O–H groups in total. The third kappa shape index (κ3) is 7.30. The van der Waals surface area contributed by atoms with Crippen LogP contribution in [-0.4, -0.2) is 98.8 Å². The first-order chi connectivity index (χ1) is 21.2. The summed E-state index contributed by atoms with van der Waals surface area (Å²) in [5, 5.41) is 7.05. The van der Waals surface area contributed by atoms with E-state index in [0.717, 1.165) is 26.1 Å². The number of nitrogens with one attached hydrogen (secondary N) is 2. The molecule has 0 bridgehead atoms. The molecule has 2 aromatic carbocycles. The SMILES string of the molecule is COc1cc2c(Nc3c(Cl)cc(C#CCNC(=O)N(C)C)c4c3OCO4)ncnc2cc1OCCCN1C[C@@H](C)O[C@@H](C)C1. The molecule has 0 saturated carbocycles. The molecule has 2 atom stereocenters. The van der Waals surface area contributed by atoms with E-state index in [1.54, 1.807) is 27.3 Å². The van der Waals surface area contributed by atoms with Gasteiger partial charge in [0.05, 0.1) is 48.6 Å². The highest BCUT2D eigenvalue weighted by molar-refractivity contribution is 6.34. The van der Waals surface area contributed by atoms with Crippen LogP contribution in [0.2, 0.25) is 5.02 Å². The fourth-order valence-corrected chi connectivity index (χ4v) is 5.40. The zero-order valence-electron chi connectivity index (χ0n) is 25.5. The number of carbonyl (C=O) groups excluding carboxylic acids is 1. The number of morpholine rings is 1. The Morgan fingerprint density at radius 2 is 1.91 bits per heavy atom. The monoisotopic (exact) mass is 624 g/mol. The number of nitrogens with zero attached hydrogens (tertiary/aromatic N) is 4. The first-order valence-electron chi connectivity index (χ1n) is 14.4. The number of benzene rings is 2.